The number of nitrogens with zero attached hydrogens (tertiary/aromatic N) is 4. The van der Waals surface area contributed by atoms with Crippen LogP contribution in [0.5, 0.6) is 0 Å². The van der Waals surface area contributed by atoms with E-state index in [0.717, 1.165) is 33.5 Å². The van der Waals surface area contributed by atoms with Gasteiger partial charge in [0.25, 0.3) is 5.91 Å². The number of thiazole rings is 1. The lowest BCUT2D eigenvalue weighted by molar-refractivity contribution is -0.119. The van der Waals surface area contributed by atoms with Gasteiger partial charge in [-0.15, -0.1) is 0 Å². The van der Waals surface area contributed by atoms with Crippen molar-refractivity contribution in [2.24, 2.45) is 7.05 Å². The van der Waals surface area contributed by atoms with E-state index in [4.69, 9.17) is 0 Å². The van der Waals surface area contributed by atoms with Crippen LogP contribution >= 0.6 is 11.3 Å². The van der Waals surface area contributed by atoms with Gasteiger partial charge in [0, 0.05) is 19.2 Å². The summed E-state index contributed by atoms with van der Waals surface area (Å²) in [7, 11) is 1.95. The minimum absolute atomic E-state index is 0.137. The third kappa shape index (κ3) is 3.13. The van der Waals surface area contributed by atoms with E-state index in [2.05, 4.69) is 15.3 Å². The Kier molecular flexibility index (Phi) is 4.51. The minimum Gasteiger partial charge on any atom is -0.331 e. The molecule has 7 nitrogen and oxygen atoms in total. The van der Waals surface area contributed by atoms with Gasteiger partial charge in [0.05, 0.1) is 21.3 Å². The molecule has 0 aliphatic carbocycles. The number of amides is 2. The first-order valence-corrected chi connectivity index (χ1v) is 10.7. The van der Waals surface area contributed by atoms with E-state index in [0.29, 0.717) is 23.7 Å². The number of hydrogen-bond donors (Lipinski definition) is 1. The van der Waals surface area contributed by atoms with Gasteiger partial charge in [0.1, 0.15) is 11.9 Å². The van der Waals surface area contributed by atoms with Crippen LogP contribution in [0.15, 0.2) is 42.5 Å². The predicted molar refractivity (Wildman–Crippen MR) is 118 cm³/mol. The maximum atomic E-state index is 13.2. The van der Waals surface area contributed by atoms with Gasteiger partial charge in [-0.1, -0.05) is 23.5 Å². The molecule has 2 amide bonds. The Morgan fingerprint density at radius 2 is 1.97 bits per heavy atom. The van der Waals surface area contributed by atoms with E-state index in [-0.39, 0.29) is 11.8 Å². The van der Waals surface area contributed by atoms with Gasteiger partial charge in [0.2, 0.25) is 5.91 Å². The number of carbonyl (C=O) groups is 2. The number of para-hydroxylation sites is 1. The number of hydrogen-bond acceptors (Lipinski definition) is 5. The Morgan fingerprint density at radius 3 is 2.80 bits per heavy atom. The number of fused-ring (bicyclic) bond motifs is 2. The van der Waals surface area contributed by atoms with Crippen LogP contribution in [0.3, 0.4) is 0 Å². The van der Waals surface area contributed by atoms with Crippen LogP contribution in [0.2, 0.25) is 0 Å². The van der Waals surface area contributed by atoms with Crippen LogP contribution in [0.1, 0.15) is 29.0 Å². The van der Waals surface area contributed by atoms with Gasteiger partial charge in [-0.05, 0) is 50.1 Å². The number of rotatable bonds is 3. The van der Waals surface area contributed by atoms with Crippen molar-refractivity contribution in [3.63, 3.8) is 0 Å². The van der Waals surface area contributed by atoms with Crippen molar-refractivity contribution in [3.05, 3.63) is 53.9 Å². The molecule has 4 aromatic rings. The highest BCUT2D eigenvalue weighted by atomic mass is 32.1. The van der Waals surface area contributed by atoms with Crippen molar-refractivity contribution in [2.45, 2.75) is 25.8 Å². The minimum atomic E-state index is -0.495. The predicted octanol–water partition coefficient (Wildman–Crippen LogP) is 3.73. The highest BCUT2D eigenvalue weighted by molar-refractivity contribution is 7.22. The molecular formula is C22H21N5O2S. The van der Waals surface area contributed by atoms with E-state index in [1.165, 1.54) is 11.3 Å². The third-order valence-corrected chi connectivity index (χ3v) is 6.64. The normalized spacial score (nSPS) is 16.5. The summed E-state index contributed by atoms with van der Waals surface area (Å²) in [4.78, 5) is 36.8. The summed E-state index contributed by atoms with van der Waals surface area (Å²) in [5.74, 6) is 0.570. The average molecular weight is 420 g/mol. The summed E-state index contributed by atoms with van der Waals surface area (Å²) in [6.07, 6.45) is 1.45. The van der Waals surface area contributed by atoms with Crippen LogP contribution < -0.4 is 5.32 Å². The third-order valence-electron chi connectivity index (χ3n) is 5.69. The monoisotopic (exact) mass is 419 g/mol. The maximum Gasteiger partial charge on any atom is 0.254 e. The second kappa shape index (κ2) is 7.21. The van der Waals surface area contributed by atoms with Crippen molar-refractivity contribution >= 4 is 49.5 Å². The van der Waals surface area contributed by atoms with E-state index in [1.807, 2.05) is 61.0 Å². The SMILES string of the molecule is Cc1nc2cc(C(=O)N3CCCC3C(=O)Nc3nc4ccccc4s3)ccc2n1C. The molecule has 0 spiro atoms. The first kappa shape index (κ1) is 18.7. The zero-order valence-corrected chi connectivity index (χ0v) is 17.6. The lowest BCUT2D eigenvalue weighted by Crippen LogP contribution is -2.43. The molecule has 0 saturated carbocycles. The van der Waals surface area contributed by atoms with Crippen LogP contribution in [0.25, 0.3) is 21.3 Å². The molecule has 8 heteroatoms. The summed E-state index contributed by atoms with van der Waals surface area (Å²) in [6, 6.07) is 12.8. The molecule has 2 aromatic carbocycles. The zero-order valence-electron chi connectivity index (χ0n) is 16.8. The number of likely N-dealkylation sites (tertiary alicyclic amines) is 1. The van der Waals surface area contributed by atoms with E-state index >= 15 is 0 Å². The van der Waals surface area contributed by atoms with Crippen molar-refractivity contribution in [1.29, 1.82) is 0 Å². The fourth-order valence-corrected chi connectivity index (χ4v) is 4.88. The quantitative estimate of drug-likeness (QED) is 0.549. The largest absolute Gasteiger partial charge is 0.331 e. The fourth-order valence-electron chi connectivity index (χ4n) is 4.02. The summed E-state index contributed by atoms with van der Waals surface area (Å²) < 4.78 is 3.01. The van der Waals surface area contributed by atoms with E-state index < -0.39 is 6.04 Å². The molecule has 2 aromatic heterocycles. The lowest BCUT2D eigenvalue weighted by atomic mass is 10.1. The standard InChI is InChI=1S/C22H21N5O2S/c1-13-23-16-12-14(9-10-17(16)26(13)2)21(29)27-11-5-7-18(27)20(28)25-22-24-15-6-3-4-8-19(15)30-22/h3-4,6,8-10,12,18H,5,7,11H2,1-2H3,(H,24,25,28). The van der Waals surface area contributed by atoms with E-state index in [9.17, 15) is 9.59 Å². The highest BCUT2D eigenvalue weighted by Gasteiger charge is 2.35. The zero-order chi connectivity index (χ0) is 20.8. The fraction of sp³-hybridized carbons (Fsp3) is 0.273. The van der Waals surface area contributed by atoms with Crippen LogP contribution in [-0.2, 0) is 11.8 Å². The number of nitrogens with one attached hydrogen (secondary N) is 1. The summed E-state index contributed by atoms with van der Waals surface area (Å²) in [5.41, 5.74) is 3.18. The molecule has 5 rings (SSSR count). The second-order valence-corrected chi connectivity index (χ2v) is 8.58. The number of carbonyl (C=O) groups excluding carboxylic acids is 2. The highest BCUT2D eigenvalue weighted by Crippen LogP contribution is 2.28. The topological polar surface area (TPSA) is 80.1 Å². The summed E-state index contributed by atoms with van der Waals surface area (Å²) >= 11 is 1.44. The average Bonchev–Trinajstić information content (AvgIpc) is 3.44. The van der Waals surface area contributed by atoms with Crippen molar-refractivity contribution in [3.8, 4) is 0 Å². The lowest BCUT2D eigenvalue weighted by Gasteiger charge is -2.23. The summed E-state index contributed by atoms with van der Waals surface area (Å²) in [5, 5.41) is 3.47. The first-order chi connectivity index (χ1) is 14.5. The number of anilines is 1. The molecule has 0 radical (unpaired) electrons. The Morgan fingerprint density at radius 1 is 1.13 bits per heavy atom. The smallest absolute Gasteiger partial charge is 0.254 e. The Balaban J connectivity index is 1.37. The molecule has 1 unspecified atom stereocenters. The van der Waals surface area contributed by atoms with Crippen molar-refractivity contribution in [1.82, 2.24) is 19.4 Å². The molecule has 0 bridgehead atoms. The van der Waals surface area contributed by atoms with Crippen LogP contribution in [-0.4, -0.2) is 43.8 Å². The van der Waals surface area contributed by atoms with Gasteiger partial charge >= 0.3 is 0 Å². The van der Waals surface area contributed by atoms with Gasteiger partial charge < -0.3 is 14.8 Å². The molecule has 1 aliphatic heterocycles. The number of imidazole rings is 1. The molecule has 1 aliphatic rings. The molecule has 1 N–H and O–H groups in total. The van der Waals surface area contributed by atoms with Crippen molar-refractivity contribution in [2.75, 3.05) is 11.9 Å². The second-order valence-electron chi connectivity index (χ2n) is 7.55. The summed E-state index contributed by atoms with van der Waals surface area (Å²) in [6.45, 7) is 2.50. The molecule has 1 atom stereocenters. The number of aryl methyl sites for hydroxylation is 2. The maximum absolute atomic E-state index is 13.2. The van der Waals surface area contributed by atoms with Crippen LogP contribution in [0, 0.1) is 6.92 Å². The molecule has 30 heavy (non-hydrogen) atoms. The molecule has 1 saturated heterocycles. The van der Waals surface area contributed by atoms with Gasteiger partial charge in [0.15, 0.2) is 5.13 Å². The van der Waals surface area contributed by atoms with Crippen LogP contribution in [0.4, 0.5) is 5.13 Å². The van der Waals surface area contributed by atoms with Crippen molar-refractivity contribution < 1.29 is 9.59 Å². The van der Waals surface area contributed by atoms with Gasteiger partial charge in [-0.25, -0.2) is 9.97 Å². The first-order valence-electron chi connectivity index (χ1n) is 9.92. The molecule has 152 valence electrons. The Hall–Kier alpha value is -3.26. The number of benzene rings is 2. The van der Waals surface area contributed by atoms with E-state index in [1.54, 1.807) is 4.90 Å². The number of aromatic nitrogens is 3. The molecule has 3 heterocycles. The molecule has 1 fully saturated rings. The Labute approximate surface area is 177 Å². The molecular weight excluding hydrogens is 398 g/mol. The Bertz CT molecular complexity index is 1260. The van der Waals surface area contributed by atoms with Gasteiger partial charge in [-0.2, -0.15) is 0 Å². The van der Waals surface area contributed by atoms with Gasteiger partial charge in [-0.3, -0.25) is 9.59 Å².